The number of aliphatic carboxylic acids is 1. The predicted octanol–water partition coefficient (Wildman–Crippen LogP) is 2.71. The maximum atomic E-state index is 13.1. The minimum Gasteiger partial charge on any atom is -0.480 e. The Kier molecular flexibility index (Phi) is 5.30. The summed E-state index contributed by atoms with van der Waals surface area (Å²) in [7, 11) is 0. The number of halogens is 2. The van der Waals surface area contributed by atoms with Crippen LogP contribution in [0.2, 0.25) is 5.02 Å². The maximum Gasteiger partial charge on any atom is 0.326 e. The second-order valence-electron chi connectivity index (χ2n) is 4.65. The largest absolute Gasteiger partial charge is 0.480 e. The summed E-state index contributed by atoms with van der Waals surface area (Å²) in [6, 6.07) is 2.36. The number of carboxylic acid groups (broad SMARTS) is 1. The number of amides is 1. The molecule has 0 heterocycles. The van der Waals surface area contributed by atoms with E-state index in [1.54, 1.807) is 0 Å². The molecule has 0 spiro atoms. The summed E-state index contributed by atoms with van der Waals surface area (Å²) in [6.07, 6.45) is 0.296. The highest BCUT2D eigenvalue weighted by Gasteiger charge is 2.22. The van der Waals surface area contributed by atoms with Gasteiger partial charge in [-0.15, -0.1) is 0 Å². The molecule has 0 saturated carbocycles. The molecule has 0 bridgehead atoms. The SMILES string of the molecule is CC(C)CC(NC(=O)c1cc(F)cc(Cl)c1)C(=O)O. The smallest absolute Gasteiger partial charge is 0.326 e. The average molecular weight is 288 g/mol. The van der Waals surface area contributed by atoms with Crippen LogP contribution in [-0.2, 0) is 4.79 Å². The highest BCUT2D eigenvalue weighted by molar-refractivity contribution is 6.31. The molecule has 19 heavy (non-hydrogen) atoms. The molecule has 1 atom stereocenters. The lowest BCUT2D eigenvalue weighted by atomic mass is 10.0. The fourth-order valence-electron chi connectivity index (χ4n) is 1.62. The van der Waals surface area contributed by atoms with Crippen molar-refractivity contribution in [3.05, 3.63) is 34.6 Å². The highest BCUT2D eigenvalue weighted by atomic mass is 35.5. The van der Waals surface area contributed by atoms with Gasteiger partial charge in [-0.25, -0.2) is 9.18 Å². The van der Waals surface area contributed by atoms with E-state index in [1.165, 1.54) is 6.07 Å². The summed E-state index contributed by atoms with van der Waals surface area (Å²) in [5, 5.41) is 11.5. The molecule has 4 nitrogen and oxygen atoms in total. The first-order valence-corrected chi connectivity index (χ1v) is 6.17. The summed E-state index contributed by atoms with van der Waals surface area (Å²) < 4.78 is 13.1. The molecule has 6 heteroatoms. The molecule has 1 rings (SSSR count). The van der Waals surface area contributed by atoms with Crippen molar-refractivity contribution in [2.24, 2.45) is 5.92 Å². The summed E-state index contributed by atoms with van der Waals surface area (Å²) in [5.41, 5.74) is 0.00000567. The normalized spacial score (nSPS) is 12.3. The van der Waals surface area contributed by atoms with Gasteiger partial charge in [0.1, 0.15) is 11.9 Å². The van der Waals surface area contributed by atoms with E-state index in [1.807, 2.05) is 13.8 Å². The minimum absolute atomic E-state index is 0.00000567. The van der Waals surface area contributed by atoms with Gasteiger partial charge in [0.15, 0.2) is 0 Å². The lowest BCUT2D eigenvalue weighted by Gasteiger charge is -2.16. The van der Waals surface area contributed by atoms with Crippen LogP contribution in [0.4, 0.5) is 4.39 Å². The van der Waals surface area contributed by atoms with Gasteiger partial charge in [-0.05, 0) is 30.5 Å². The number of hydrogen-bond acceptors (Lipinski definition) is 2. The Morgan fingerprint density at radius 3 is 2.47 bits per heavy atom. The van der Waals surface area contributed by atoms with Crippen LogP contribution in [0.3, 0.4) is 0 Å². The quantitative estimate of drug-likeness (QED) is 0.875. The zero-order valence-corrected chi connectivity index (χ0v) is 11.4. The van der Waals surface area contributed by atoms with Crippen LogP contribution < -0.4 is 5.32 Å². The zero-order chi connectivity index (χ0) is 14.6. The number of carbonyl (C=O) groups is 2. The lowest BCUT2D eigenvalue weighted by molar-refractivity contribution is -0.139. The first-order chi connectivity index (χ1) is 8.79. The minimum atomic E-state index is -1.12. The first kappa shape index (κ1) is 15.4. The molecule has 0 fully saturated rings. The van der Waals surface area contributed by atoms with E-state index in [4.69, 9.17) is 16.7 Å². The fraction of sp³-hybridized carbons (Fsp3) is 0.385. The molecule has 0 saturated heterocycles. The van der Waals surface area contributed by atoms with Crippen LogP contribution in [0, 0.1) is 11.7 Å². The van der Waals surface area contributed by atoms with E-state index in [-0.39, 0.29) is 16.5 Å². The molecule has 0 radical (unpaired) electrons. The number of carbonyl (C=O) groups excluding carboxylic acids is 1. The number of benzene rings is 1. The van der Waals surface area contributed by atoms with Gasteiger partial charge in [0.05, 0.1) is 0 Å². The van der Waals surface area contributed by atoms with Crippen molar-refractivity contribution in [1.29, 1.82) is 0 Å². The first-order valence-electron chi connectivity index (χ1n) is 5.79. The number of hydrogen-bond donors (Lipinski definition) is 2. The maximum absolute atomic E-state index is 13.1. The van der Waals surface area contributed by atoms with Gasteiger partial charge in [-0.3, -0.25) is 4.79 Å². The zero-order valence-electron chi connectivity index (χ0n) is 10.6. The molecule has 1 aromatic carbocycles. The Balaban J connectivity index is 2.84. The molecular formula is C13H15ClFNO3. The van der Waals surface area contributed by atoms with Crippen molar-refractivity contribution < 1.29 is 19.1 Å². The Morgan fingerprint density at radius 1 is 1.37 bits per heavy atom. The fourth-order valence-corrected chi connectivity index (χ4v) is 1.84. The van der Waals surface area contributed by atoms with Crippen molar-refractivity contribution in [3.63, 3.8) is 0 Å². The van der Waals surface area contributed by atoms with Crippen molar-refractivity contribution in [2.75, 3.05) is 0 Å². The van der Waals surface area contributed by atoms with Crippen LogP contribution >= 0.6 is 11.6 Å². The standard InChI is InChI=1S/C13H15ClFNO3/c1-7(2)3-11(13(18)19)16-12(17)8-4-9(14)6-10(15)5-8/h4-7,11H,3H2,1-2H3,(H,16,17)(H,18,19). The van der Waals surface area contributed by atoms with Crippen LogP contribution in [0.5, 0.6) is 0 Å². The van der Waals surface area contributed by atoms with Gasteiger partial charge in [0, 0.05) is 10.6 Å². The second-order valence-corrected chi connectivity index (χ2v) is 5.09. The number of carboxylic acids is 1. The van der Waals surface area contributed by atoms with Crippen LogP contribution in [0.15, 0.2) is 18.2 Å². The average Bonchev–Trinajstić information content (AvgIpc) is 2.25. The second kappa shape index (κ2) is 6.52. The summed E-state index contributed by atoms with van der Waals surface area (Å²) in [5.74, 6) is -2.31. The molecule has 104 valence electrons. The van der Waals surface area contributed by atoms with Gasteiger partial charge < -0.3 is 10.4 Å². The van der Waals surface area contributed by atoms with Crippen LogP contribution in [0.1, 0.15) is 30.6 Å². The Bertz CT molecular complexity index is 471. The van der Waals surface area contributed by atoms with Crippen molar-refractivity contribution in [3.8, 4) is 0 Å². The van der Waals surface area contributed by atoms with Crippen LogP contribution in [-0.4, -0.2) is 23.0 Å². The highest BCUT2D eigenvalue weighted by Crippen LogP contribution is 2.14. The summed E-state index contributed by atoms with van der Waals surface area (Å²) in [4.78, 5) is 22.9. The molecule has 0 aliphatic heterocycles. The van der Waals surface area contributed by atoms with E-state index >= 15 is 0 Å². The lowest BCUT2D eigenvalue weighted by Crippen LogP contribution is -2.41. The third kappa shape index (κ3) is 4.87. The van der Waals surface area contributed by atoms with Gasteiger partial charge in [0.25, 0.3) is 5.91 Å². The summed E-state index contributed by atoms with van der Waals surface area (Å²) >= 11 is 5.64. The Labute approximate surface area is 115 Å². The number of nitrogens with one attached hydrogen (secondary N) is 1. The van der Waals surface area contributed by atoms with Gasteiger partial charge >= 0.3 is 5.97 Å². The Hall–Kier alpha value is -1.62. The van der Waals surface area contributed by atoms with E-state index < -0.39 is 23.7 Å². The van der Waals surface area contributed by atoms with Gasteiger partial charge in [-0.2, -0.15) is 0 Å². The van der Waals surface area contributed by atoms with E-state index in [9.17, 15) is 14.0 Å². The Morgan fingerprint density at radius 2 is 2.00 bits per heavy atom. The van der Waals surface area contributed by atoms with Gasteiger partial charge in [-0.1, -0.05) is 25.4 Å². The monoisotopic (exact) mass is 287 g/mol. The molecular weight excluding hydrogens is 273 g/mol. The van der Waals surface area contributed by atoms with Crippen LogP contribution in [0.25, 0.3) is 0 Å². The third-order valence-corrected chi connectivity index (χ3v) is 2.65. The molecule has 0 aromatic heterocycles. The topological polar surface area (TPSA) is 66.4 Å². The molecule has 1 unspecified atom stereocenters. The molecule has 0 aliphatic rings. The van der Waals surface area contributed by atoms with Crippen molar-refractivity contribution >= 4 is 23.5 Å². The molecule has 2 N–H and O–H groups in total. The molecule has 0 aliphatic carbocycles. The molecule has 1 aromatic rings. The van der Waals surface area contributed by atoms with Crippen molar-refractivity contribution in [2.45, 2.75) is 26.3 Å². The molecule has 1 amide bonds. The van der Waals surface area contributed by atoms with Gasteiger partial charge in [0.2, 0.25) is 0 Å². The van der Waals surface area contributed by atoms with E-state index in [2.05, 4.69) is 5.32 Å². The number of rotatable bonds is 5. The van der Waals surface area contributed by atoms with E-state index in [0.29, 0.717) is 6.42 Å². The van der Waals surface area contributed by atoms with E-state index in [0.717, 1.165) is 12.1 Å². The summed E-state index contributed by atoms with van der Waals surface area (Å²) in [6.45, 7) is 3.70. The van der Waals surface area contributed by atoms with Crippen molar-refractivity contribution in [1.82, 2.24) is 5.32 Å². The third-order valence-electron chi connectivity index (χ3n) is 2.44. The predicted molar refractivity (Wildman–Crippen MR) is 69.8 cm³/mol.